The van der Waals surface area contributed by atoms with Gasteiger partial charge in [-0.2, -0.15) is 0 Å². The van der Waals surface area contributed by atoms with Crippen molar-refractivity contribution in [2.75, 3.05) is 32.8 Å². The monoisotopic (exact) mass is 461 g/mol. The normalized spacial score (nSPS) is 23.2. The van der Waals surface area contributed by atoms with E-state index in [2.05, 4.69) is 26.9 Å². The van der Waals surface area contributed by atoms with E-state index >= 15 is 0 Å². The molecule has 0 bridgehead atoms. The van der Waals surface area contributed by atoms with Gasteiger partial charge in [0.15, 0.2) is 5.76 Å². The molecule has 0 spiro atoms. The summed E-state index contributed by atoms with van der Waals surface area (Å²) in [6.45, 7) is 5.46. The molecule has 1 aromatic carbocycles. The van der Waals surface area contributed by atoms with Gasteiger partial charge < -0.3 is 29.9 Å². The highest BCUT2D eigenvalue weighted by Gasteiger charge is 2.54. The highest BCUT2D eigenvalue weighted by Crippen LogP contribution is 2.51. The summed E-state index contributed by atoms with van der Waals surface area (Å²) >= 11 is 0. The van der Waals surface area contributed by atoms with Crippen LogP contribution in [0, 0.1) is 29.6 Å². The smallest absolute Gasteiger partial charge is 0.167 e. The zero-order chi connectivity index (χ0) is 23.7. The Morgan fingerprint density at radius 1 is 1.24 bits per heavy atom. The molecule has 1 aliphatic carbocycles. The Balaban J connectivity index is 1.23. The topological polar surface area (TPSA) is 114 Å². The minimum Gasteiger partial charge on any atom is -0.396 e. The first-order valence-electron chi connectivity index (χ1n) is 11.9. The van der Waals surface area contributed by atoms with Gasteiger partial charge in [0.1, 0.15) is 17.6 Å². The quantitative estimate of drug-likeness (QED) is 0.440. The summed E-state index contributed by atoms with van der Waals surface area (Å²) < 4.78 is 7.45. The van der Waals surface area contributed by atoms with E-state index in [1.54, 1.807) is 19.3 Å². The molecule has 178 valence electrons. The Hall–Kier alpha value is -2.96. The predicted octanol–water partition coefficient (Wildman–Crippen LogP) is 2.05. The van der Waals surface area contributed by atoms with Crippen molar-refractivity contribution in [3.63, 3.8) is 0 Å². The van der Waals surface area contributed by atoms with Crippen LogP contribution < -0.4 is 5.73 Å². The van der Waals surface area contributed by atoms with E-state index in [0.29, 0.717) is 41.6 Å². The van der Waals surface area contributed by atoms with Crippen LogP contribution in [0.1, 0.15) is 42.6 Å². The number of aromatic nitrogens is 3. The van der Waals surface area contributed by atoms with Gasteiger partial charge in [0, 0.05) is 68.3 Å². The predicted molar refractivity (Wildman–Crippen MR) is 127 cm³/mol. The highest BCUT2D eigenvalue weighted by molar-refractivity contribution is 5.59. The van der Waals surface area contributed by atoms with Crippen molar-refractivity contribution in [1.82, 2.24) is 19.6 Å². The lowest BCUT2D eigenvalue weighted by atomic mass is 10.1. The minimum atomic E-state index is -0.704. The van der Waals surface area contributed by atoms with Crippen LogP contribution in [0.25, 0.3) is 11.3 Å². The first-order valence-corrected chi connectivity index (χ1v) is 11.9. The summed E-state index contributed by atoms with van der Waals surface area (Å²) in [6, 6.07) is 9.63. The molecule has 0 radical (unpaired) electrons. The maximum atomic E-state index is 9.98. The van der Waals surface area contributed by atoms with Crippen LogP contribution in [0.5, 0.6) is 0 Å². The molecule has 4 N–H and O–H groups in total. The number of imidazole rings is 1. The minimum absolute atomic E-state index is 0.266. The number of likely N-dealkylation sites (tertiary alicyclic amines) is 1. The number of aliphatic hydroxyl groups is 2. The lowest BCUT2D eigenvalue weighted by Crippen LogP contribution is -2.26. The van der Waals surface area contributed by atoms with Crippen molar-refractivity contribution in [3.8, 4) is 23.2 Å². The fraction of sp³-hybridized carbons (Fsp3) is 0.462. The molecule has 1 aliphatic heterocycles. The highest BCUT2D eigenvalue weighted by atomic mass is 16.5. The number of hydrogen-bond acceptors (Lipinski definition) is 7. The van der Waals surface area contributed by atoms with Gasteiger partial charge in [-0.05, 0) is 49.4 Å². The Bertz CT molecular complexity index is 1160. The lowest BCUT2D eigenvalue weighted by Gasteiger charge is -2.17. The summed E-state index contributed by atoms with van der Waals surface area (Å²) in [5.74, 6) is 9.89. The molecule has 0 amide bonds. The first-order chi connectivity index (χ1) is 16.6. The standard InChI is InChI=1S/C26H31N5O3/c1-17(33)26-28-9-11-31(26)24(14-27)23-13-25(34-29-23)19-6-3-18(4-7-19)5-8-20-21-15-30(10-2-12-32)16-22(20)21/h3-4,6-7,9,11,13,17,20-22,24,32-33H,2,10,12,14-16,27H2,1H3/t17-,20-,21+,22-,24+/m0/s1. The van der Waals surface area contributed by atoms with Crippen LogP contribution in [-0.4, -0.2) is 62.6 Å². The maximum absolute atomic E-state index is 9.98. The number of hydrogen-bond donors (Lipinski definition) is 3. The van der Waals surface area contributed by atoms with Crippen molar-refractivity contribution in [3.05, 3.63) is 59.8 Å². The fourth-order valence-electron chi connectivity index (χ4n) is 5.06. The van der Waals surface area contributed by atoms with Gasteiger partial charge in [0.05, 0.1) is 6.04 Å². The molecule has 2 fully saturated rings. The largest absolute Gasteiger partial charge is 0.396 e. The van der Waals surface area contributed by atoms with Crippen LogP contribution in [0.15, 0.2) is 47.2 Å². The van der Waals surface area contributed by atoms with E-state index in [4.69, 9.17) is 15.4 Å². The second-order valence-corrected chi connectivity index (χ2v) is 9.27. The SMILES string of the molecule is C[C@H](O)c1nccn1[C@H](CN)c1cc(-c2ccc(C#C[C@H]3[C@H]4CN(CCCO)C[C@@H]34)cc2)on1. The van der Waals surface area contributed by atoms with Crippen LogP contribution >= 0.6 is 0 Å². The Labute approximate surface area is 199 Å². The van der Waals surface area contributed by atoms with E-state index in [9.17, 15) is 5.11 Å². The second-order valence-electron chi connectivity index (χ2n) is 9.27. The van der Waals surface area contributed by atoms with E-state index < -0.39 is 6.10 Å². The van der Waals surface area contributed by atoms with Gasteiger partial charge in [-0.3, -0.25) is 0 Å². The Morgan fingerprint density at radius 2 is 2.00 bits per heavy atom. The number of nitrogens with zero attached hydrogens (tertiary/aromatic N) is 4. The molecule has 34 heavy (non-hydrogen) atoms. The number of benzene rings is 1. The van der Waals surface area contributed by atoms with Crippen molar-refractivity contribution in [2.24, 2.45) is 23.5 Å². The van der Waals surface area contributed by atoms with Crippen molar-refractivity contribution < 1.29 is 14.7 Å². The van der Waals surface area contributed by atoms with Crippen LogP contribution in [0.2, 0.25) is 0 Å². The number of rotatable bonds is 8. The Morgan fingerprint density at radius 3 is 2.68 bits per heavy atom. The number of piperidine rings is 1. The fourth-order valence-corrected chi connectivity index (χ4v) is 5.06. The molecule has 8 nitrogen and oxygen atoms in total. The van der Waals surface area contributed by atoms with Gasteiger partial charge in [-0.1, -0.05) is 17.0 Å². The van der Waals surface area contributed by atoms with E-state index in [0.717, 1.165) is 37.2 Å². The average Bonchev–Trinajstić information content (AvgIpc) is 3.35. The van der Waals surface area contributed by atoms with Crippen molar-refractivity contribution in [1.29, 1.82) is 0 Å². The molecule has 0 unspecified atom stereocenters. The zero-order valence-electron chi connectivity index (χ0n) is 19.3. The maximum Gasteiger partial charge on any atom is 0.167 e. The molecule has 3 heterocycles. The molecule has 1 saturated carbocycles. The van der Waals surface area contributed by atoms with Crippen molar-refractivity contribution >= 4 is 0 Å². The summed E-state index contributed by atoms with van der Waals surface area (Å²) in [4.78, 5) is 6.67. The molecule has 2 aliphatic rings. The molecule has 1 saturated heterocycles. The molecular formula is C26H31N5O3. The van der Waals surface area contributed by atoms with Crippen molar-refractivity contribution in [2.45, 2.75) is 25.5 Å². The van der Waals surface area contributed by atoms with Gasteiger partial charge in [-0.15, -0.1) is 0 Å². The van der Waals surface area contributed by atoms with Gasteiger partial charge in [-0.25, -0.2) is 4.98 Å². The third kappa shape index (κ3) is 4.52. The molecular weight excluding hydrogens is 430 g/mol. The van der Waals surface area contributed by atoms with Crippen LogP contribution in [0.4, 0.5) is 0 Å². The van der Waals surface area contributed by atoms with Gasteiger partial charge in [0.25, 0.3) is 0 Å². The summed E-state index contributed by atoms with van der Waals surface area (Å²) in [5.41, 5.74) is 8.62. The Kier molecular flexibility index (Phi) is 6.53. The summed E-state index contributed by atoms with van der Waals surface area (Å²) in [7, 11) is 0. The van der Waals surface area contributed by atoms with E-state index in [-0.39, 0.29) is 12.6 Å². The third-order valence-corrected chi connectivity index (χ3v) is 6.96. The number of nitrogens with two attached hydrogens (primary N) is 1. The zero-order valence-corrected chi connectivity index (χ0v) is 19.3. The third-order valence-electron chi connectivity index (χ3n) is 6.96. The van der Waals surface area contributed by atoms with Gasteiger partial charge in [0.2, 0.25) is 0 Å². The molecule has 5 atom stereocenters. The number of fused-ring (bicyclic) bond motifs is 1. The van der Waals surface area contributed by atoms with E-state index in [1.807, 2.05) is 34.9 Å². The first kappa shape index (κ1) is 22.8. The lowest BCUT2D eigenvalue weighted by molar-refractivity contribution is 0.182. The van der Waals surface area contributed by atoms with Crippen LogP contribution in [0.3, 0.4) is 0 Å². The van der Waals surface area contributed by atoms with Crippen LogP contribution in [-0.2, 0) is 0 Å². The van der Waals surface area contributed by atoms with E-state index in [1.165, 1.54) is 0 Å². The molecule has 5 rings (SSSR count). The molecule has 3 aromatic rings. The second kappa shape index (κ2) is 9.72. The number of aliphatic hydroxyl groups excluding tert-OH is 2. The van der Waals surface area contributed by atoms with Gasteiger partial charge >= 0.3 is 0 Å². The summed E-state index contributed by atoms with van der Waals surface area (Å²) in [5, 5.41) is 23.2. The summed E-state index contributed by atoms with van der Waals surface area (Å²) in [6.07, 6.45) is 3.59. The molecule has 8 heteroatoms. The molecule has 2 aromatic heterocycles. The average molecular weight is 462 g/mol.